The third kappa shape index (κ3) is 5.99. The number of carbonyl (C=O) groups excluding carboxylic acids is 1. The van der Waals surface area contributed by atoms with Gasteiger partial charge in [-0.3, -0.25) is 4.79 Å². The van der Waals surface area contributed by atoms with E-state index in [2.05, 4.69) is 17.2 Å². The highest BCUT2D eigenvalue weighted by Crippen LogP contribution is 2.10. The van der Waals surface area contributed by atoms with E-state index in [-0.39, 0.29) is 18.6 Å². The molecule has 0 saturated heterocycles. The first-order chi connectivity index (χ1) is 10.1. The van der Waals surface area contributed by atoms with Gasteiger partial charge in [-0.15, -0.1) is 0 Å². The standard InChI is InChI=1S/C17H23NO3/c1-4-21-14(3)12-18-17(20)16-11-15(7-5-6-10-19)9-8-13(16)2/h8-9,11,14,19H,4,6,10,12H2,1-3H3,(H,18,20). The number of ether oxygens (including phenoxy) is 1. The summed E-state index contributed by atoms with van der Waals surface area (Å²) in [4.78, 5) is 12.2. The maximum atomic E-state index is 12.2. The van der Waals surface area contributed by atoms with Crippen molar-refractivity contribution >= 4 is 5.91 Å². The van der Waals surface area contributed by atoms with Gasteiger partial charge in [-0.05, 0) is 38.5 Å². The summed E-state index contributed by atoms with van der Waals surface area (Å²) in [6, 6.07) is 5.53. The van der Waals surface area contributed by atoms with Crippen molar-refractivity contribution in [1.82, 2.24) is 5.32 Å². The van der Waals surface area contributed by atoms with Gasteiger partial charge >= 0.3 is 0 Å². The molecule has 4 heteroatoms. The lowest BCUT2D eigenvalue weighted by Crippen LogP contribution is -2.32. The van der Waals surface area contributed by atoms with Crippen molar-refractivity contribution in [2.45, 2.75) is 33.3 Å². The van der Waals surface area contributed by atoms with Crippen LogP contribution in [-0.2, 0) is 4.74 Å². The fraction of sp³-hybridized carbons (Fsp3) is 0.471. The Kier molecular flexibility index (Phi) is 7.52. The average Bonchev–Trinajstić information content (AvgIpc) is 2.47. The van der Waals surface area contributed by atoms with Gasteiger partial charge in [0.2, 0.25) is 0 Å². The van der Waals surface area contributed by atoms with Crippen LogP contribution in [0.1, 0.15) is 41.8 Å². The van der Waals surface area contributed by atoms with E-state index in [4.69, 9.17) is 9.84 Å². The van der Waals surface area contributed by atoms with Crippen molar-refractivity contribution in [2.75, 3.05) is 19.8 Å². The van der Waals surface area contributed by atoms with Crippen LogP contribution in [0.4, 0.5) is 0 Å². The summed E-state index contributed by atoms with van der Waals surface area (Å²) < 4.78 is 5.39. The van der Waals surface area contributed by atoms with E-state index >= 15 is 0 Å². The molecule has 0 aliphatic carbocycles. The Morgan fingerprint density at radius 1 is 1.48 bits per heavy atom. The van der Waals surface area contributed by atoms with Gasteiger partial charge in [0.05, 0.1) is 12.7 Å². The number of benzene rings is 1. The van der Waals surface area contributed by atoms with Gasteiger partial charge < -0.3 is 15.2 Å². The molecule has 0 aliphatic rings. The number of aryl methyl sites for hydroxylation is 1. The summed E-state index contributed by atoms with van der Waals surface area (Å²) in [6.07, 6.45) is 0.424. The molecule has 1 atom stereocenters. The van der Waals surface area contributed by atoms with Crippen LogP contribution in [-0.4, -0.2) is 36.9 Å². The third-order valence-corrected chi connectivity index (χ3v) is 2.95. The molecule has 2 N–H and O–H groups in total. The molecule has 0 aromatic heterocycles. The SMILES string of the molecule is CCOC(C)CNC(=O)c1cc(C#CCCO)ccc1C. The number of carbonyl (C=O) groups is 1. The summed E-state index contributed by atoms with van der Waals surface area (Å²) in [5, 5.41) is 11.6. The van der Waals surface area contributed by atoms with E-state index in [9.17, 15) is 4.79 Å². The van der Waals surface area contributed by atoms with E-state index < -0.39 is 0 Å². The van der Waals surface area contributed by atoms with E-state index in [1.54, 1.807) is 6.07 Å². The third-order valence-electron chi connectivity index (χ3n) is 2.95. The lowest BCUT2D eigenvalue weighted by Gasteiger charge is -2.13. The topological polar surface area (TPSA) is 58.6 Å². The summed E-state index contributed by atoms with van der Waals surface area (Å²) in [5.41, 5.74) is 2.30. The second-order valence-corrected chi connectivity index (χ2v) is 4.78. The number of hydrogen-bond acceptors (Lipinski definition) is 3. The molecule has 21 heavy (non-hydrogen) atoms. The number of aliphatic hydroxyl groups is 1. The number of hydrogen-bond donors (Lipinski definition) is 2. The maximum Gasteiger partial charge on any atom is 0.251 e. The molecule has 0 spiro atoms. The summed E-state index contributed by atoms with van der Waals surface area (Å²) in [7, 11) is 0. The van der Waals surface area contributed by atoms with Gasteiger partial charge in [0.15, 0.2) is 0 Å². The highest BCUT2D eigenvalue weighted by atomic mass is 16.5. The lowest BCUT2D eigenvalue weighted by molar-refractivity contribution is 0.0695. The Labute approximate surface area is 126 Å². The van der Waals surface area contributed by atoms with Crippen LogP contribution in [0.2, 0.25) is 0 Å². The fourth-order valence-electron chi connectivity index (χ4n) is 1.84. The number of aliphatic hydroxyl groups excluding tert-OH is 1. The number of rotatable bonds is 6. The van der Waals surface area contributed by atoms with Crippen molar-refractivity contribution in [2.24, 2.45) is 0 Å². The molecule has 114 valence electrons. The van der Waals surface area contributed by atoms with Crippen LogP contribution in [0.5, 0.6) is 0 Å². The molecule has 0 bridgehead atoms. The van der Waals surface area contributed by atoms with E-state index in [1.165, 1.54) is 0 Å². The maximum absolute atomic E-state index is 12.2. The van der Waals surface area contributed by atoms with Gasteiger partial charge in [0.25, 0.3) is 5.91 Å². The largest absolute Gasteiger partial charge is 0.395 e. The summed E-state index contributed by atoms with van der Waals surface area (Å²) in [5.74, 6) is 5.67. The molecule has 1 rings (SSSR count). The van der Waals surface area contributed by atoms with Gasteiger partial charge in [-0.1, -0.05) is 17.9 Å². The molecule has 0 aliphatic heterocycles. The molecular formula is C17H23NO3. The average molecular weight is 289 g/mol. The zero-order valence-corrected chi connectivity index (χ0v) is 12.9. The normalized spacial score (nSPS) is 11.4. The predicted molar refractivity (Wildman–Crippen MR) is 83.2 cm³/mol. The lowest BCUT2D eigenvalue weighted by atomic mass is 10.0. The first kappa shape index (κ1) is 17.2. The minimum Gasteiger partial charge on any atom is -0.395 e. The van der Waals surface area contributed by atoms with Gasteiger partial charge in [0.1, 0.15) is 0 Å². The van der Waals surface area contributed by atoms with Gasteiger partial charge in [0, 0.05) is 30.7 Å². The van der Waals surface area contributed by atoms with E-state index in [0.717, 1.165) is 11.1 Å². The predicted octanol–water partition coefficient (Wildman–Crippen LogP) is 1.88. The molecule has 1 amide bonds. The van der Waals surface area contributed by atoms with Crippen LogP contribution in [0.15, 0.2) is 18.2 Å². The van der Waals surface area contributed by atoms with E-state index in [0.29, 0.717) is 25.1 Å². The molecular weight excluding hydrogens is 266 g/mol. The monoisotopic (exact) mass is 289 g/mol. The van der Waals surface area contributed by atoms with Crippen molar-refractivity contribution in [1.29, 1.82) is 0 Å². The molecule has 1 aromatic carbocycles. The Balaban J connectivity index is 2.75. The Bertz CT molecular complexity index is 529. The smallest absolute Gasteiger partial charge is 0.251 e. The van der Waals surface area contributed by atoms with Crippen LogP contribution in [0.25, 0.3) is 0 Å². The highest BCUT2D eigenvalue weighted by Gasteiger charge is 2.10. The van der Waals surface area contributed by atoms with Crippen LogP contribution < -0.4 is 5.32 Å². The minimum atomic E-state index is -0.120. The van der Waals surface area contributed by atoms with E-state index in [1.807, 2.05) is 32.9 Å². The molecule has 0 heterocycles. The molecule has 1 aromatic rings. The second-order valence-electron chi connectivity index (χ2n) is 4.78. The Morgan fingerprint density at radius 3 is 2.90 bits per heavy atom. The molecule has 1 unspecified atom stereocenters. The Morgan fingerprint density at radius 2 is 2.24 bits per heavy atom. The zero-order valence-electron chi connectivity index (χ0n) is 12.9. The molecule has 0 saturated carbocycles. The number of amides is 1. The van der Waals surface area contributed by atoms with Gasteiger partial charge in [-0.2, -0.15) is 0 Å². The van der Waals surface area contributed by atoms with Crippen molar-refractivity contribution in [3.63, 3.8) is 0 Å². The summed E-state index contributed by atoms with van der Waals surface area (Å²) in [6.45, 7) is 6.90. The molecule has 4 nitrogen and oxygen atoms in total. The van der Waals surface area contributed by atoms with Crippen molar-refractivity contribution in [3.8, 4) is 11.8 Å². The first-order valence-electron chi connectivity index (χ1n) is 7.18. The van der Waals surface area contributed by atoms with Crippen LogP contribution in [0, 0.1) is 18.8 Å². The van der Waals surface area contributed by atoms with Crippen molar-refractivity contribution < 1.29 is 14.6 Å². The second kappa shape index (κ2) is 9.17. The molecule has 0 fully saturated rings. The van der Waals surface area contributed by atoms with Gasteiger partial charge in [-0.25, -0.2) is 0 Å². The fourth-order valence-corrected chi connectivity index (χ4v) is 1.84. The zero-order chi connectivity index (χ0) is 15.7. The summed E-state index contributed by atoms with van der Waals surface area (Å²) >= 11 is 0. The number of nitrogens with one attached hydrogen (secondary N) is 1. The quantitative estimate of drug-likeness (QED) is 0.786. The highest BCUT2D eigenvalue weighted by molar-refractivity contribution is 5.96. The Hall–Kier alpha value is -1.83. The van der Waals surface area contributed by atoms with Crippen LogP contribution in [0.3, 0.4) is 0 Å². The van der Waals surface area contributed by atoms with Crippen LogP contribution >= 0.6 is 0 Å². The minimum absolute atomic E-state index is 0.00761. The van der Waals surface area contributed by atoms with Crippen molar-refractivity contribution in [3.05, 3.63) is 34.9 Å². The first-order valence-corrected chi connectivity index (χ1v) is 7.18. The molecule has 0 radical (unpaired) electrons.